The zero-order valence-electron chi connectivity index (χ0n) is 14.9. The largest absolute Gasteiger partial charge is 0.504 e. The molecule has 0 saturated heterocycles. The minimum atomic E-state index is -0.186. The number of nitrogens with zero attached hydrogens (tertiary/aromatic N) is 3. The summed E-state index contributed by atoms with van der Waals surface area (Å²) in [6, 6.07) is 13.3. The van der Waals surface area contributed by atoms with Crippen LogP contribution in [0.5, 0.6) is 11.5 Å². The van der Waals surface area contributed by atoms with Crippen molar-refractivity contribution in [2.24, 2.45) is 0 Å². The maximum atomic E-state index is 12.8. The number of phenols is 1. The molecule has 1 aliphatic heterocycles. The fraction of sp³-hybridized carbons (Fsp3) is 0.190. The monoisotopic (exact) mass is 361 g/mol. The van der Waals surface area contributed by atoms with Gasteiger partial charge in [0.1, 0.15) is 18.6 Å². The molecule has 1 aliphatic rings. The molecule has 0 atom stereocenters. The summed E-state index contributed by atoms with van der Waals surface area (Å²) in [4.78, 5) is 22.3. The number of hydrogen-bond donors (Lipinski definition) is 1. The molecule has 0 radical (unpaired) electrons. The topological polar surface area (TPSA) is 75.5 Å². The van der Waals surface area contributed by atoms with Crippen LogP contribution >= 0.6 is 0 Å². The SMILES string of the molecule is Cc1ccccc1-c1cc(O)c2c(c1)CN(C(=O)c1ccncn1)CCO2. The van der Waals surface area contributed by atoms with Gasteiger partial charge in [0.05, 0.1) is 6.54 Å². The molecule has 4 rings (SSSR count). The van der Waals surface area contributed by atoms with Crippen LogP contribution in [0.25, 0.3) is 11.1 Å². The van der Waals surface area contributed by atoms with Gasteiger partial charge in [-0.05, 0) is 41.8 Å². The maximum Gasteiger partial charge on any atom is 0.272 e. The Balaban J connectivity index is 1.71. The average Bonchev–Trinajstić information content (AvgIpc) is 2.91. The Hall–Kier alpha value is -3.41. The van der Waals surface area contributed by atoms with Gasteiger partial charge in [0.15, 0.2) is 11.5 Å². The van der Waals surface area contributed by atoms with Crippen LogP contribution in [0.4, 0.5) is 0 Å². The van der Waals surface area contributed by atoms with Crippen LogP contribution < -0.4 is 4.74 Å². The number of aromatic hydroxyl groups is 1. The molecule has 0 spiro atoms. The Kier molecular flexibility index (Phi) is 4.46. The number of aryl methyl sites for hydroxylation is 1. The smallest absolute Gasteiger partial charge is 0.272 e. The number of ether oxygens (including phenoxy) is 1. The van der Waals surface area contributed by atoms with E-state index in [0.29, 0.717) is 31.1 Å². The van der Waals surface area contributed by atoms with Gasteiger partial charge in [0, 0.05) is 18.3 Å². The predicted molar refractivity (Wildman–Crippen MR) is 101 cm³/mol. The Morgan fingerprint density at radius 2 is 2.07 bits per heavy atom. The molecule has 0 bridgehead atoms. The van der Waals surface area contributed by atoms with Gasteiger partial charge < -0.3 is 14.7 Å². The second-order valence-corrected chi connectivity index (χ2v) is 6.47. The zero-order chi connectivity index (χ0) is 18.8. The zero-order valence-corrected chi connectivity index (χ0v) is 14.9. The van der Waals surface area contributed by atoms with Crippen LogP contribution in [0.15, 0.2) is 55.0 Å². The number of aromatic nitrogens is 2. The minimum Gasteiger partial charge on any atom is -0.504 e. The first-order valence-electron chi connectivity index (χ1n) is 8.73. The molecule has 0 fully saturated rings. The van der Waals surface area contributed by atoms with E-state index in [0.717, 1.165) is 22.3 Å². The van der Waals surface area contributed by atoms with Gasteiger partial charge in [-0.3, -0.25) is 4.79 Å². The lowest BCUT2D eigenvalue weighted by atomic mass is 9.98. The average molecular weight is 361 g/mol. The highest BCUT2D eigenvalue weighted by molar-refractivity contribution is 5.92. The molecule has 6 nitrogen and oxygen atoms in total. The number of benzene rings is 2. The molecule has 1 N–H and O–H groups in total. The van der Waals surface area contributed by atoms with Crippen LogP contribution in [0, 0.1) is 6.92 Å². The fourth-order valence-electron chi connectivity index (χ4n) is 3.30. The molecule has 136 valence electrons. The number of phenolic OH excluding ortho intramolecular Hbond substituents is 1. The number of carbonyl (C=O) groups excluding carboxylic acids is 1. The summed E-state index contributed by atoms with van der Waals surface area (Å²) in [7, 11) is 0. The van der Waals surface area contributed by atoms with Crippen LogP contribution in [0.3, 0.4) is 0 Å². The summed E-state index contributed by atoms with van der Waals surface area (Å²) < 4.78 is 5.74. The molecule has 0 aliphatic carbocycles. The van der Waals surface area contributed by atoms with Crippen molar-refractivity contribution in [3.63, 3.8) is 0 Å². The first-order valence-corrected chi connectivity index (χ1v) is 8.73. The second kappa shape index (κ2) is 7.07. The summed E-state index contributed by atoms with van der Waals surface area (Å²) in [5.41, 5.74) is 4.15. The fourth-order valence-corrected chi connectivity index (χ4v) is 3.30. The quantitative estimate of drug-likeness (QED) is 0.759. The number of carbonyl (C=O) groups is 1. The molecule has 1 amide bonds. The molecule has 0 saturated carbocycles. The molecule has 0 unspecified atom stereocenters. The lowest BCUT2D eigenvalue weighted by Crippen LogP contribution is -2.33. The first-order chi connectivity index (χ1) is 13.1. The van der Waals surface area contributed by atoms with E-state index < -0.39 is 0 Å². The number of fused-ring (bicyclic) bond motifs is 1. The van der Waals surface area contributed by atoms with E-state index in [9.17, 15) is 9.90 Å². The van der Waals surface area contributed by atoms with E-state index >= 15 is 0 Å². The van der Waals surface area contributed by atoms with Crippen LogP contribution in [-0.2, 0) is 6.54 Å². The third kappa shape index (κ3) is 3.33. The molecular weight excluding hydrogens is 342 g/mol. The Labute approximate surface area is 157 Å². The highest BCUT2D eigenvalue weighted by Crippen LogP contribution is 2.38. The van der Waals surface area contributed by atoms with Crippen molar-refractivity contribution in [1.82, 2.24) is 14.9 Å². The van der Waals surface area contributed by atoms with Gasteiger partial charge in [-0.2, -0.15) is 0 Å². The molecule has 1 aromatic heterocycles. The third-order valence-corrected chi connectivity index (χ3v) is 4.66. The molecule has 2 aromatic carbocycles. The number of amides is 1. The van der Waals surface area contributed by atoms with E-state index in [4.69, 9.17) is 4.74 Å². The summed E-state index contributed by atoms with van der Waals surface area (Å²) >= 11 is 0. The summed E-state index contributed by atoms with van der Waals surface area (Å²) in [5.74, 6) is 0.335. The van der Waals surface area contributed by atoms with Gasteiger partial charge >= 0.3 is 0 Å². The standard InChI is InChI=1S/C21H19N3O3/c1-14-4-2-3-5-17(14)15-10-16-12-24(8-9-27-20(16)19(25)11-15)21(26)18-6-7-22-13-23-18/h2-7,10-11,13,25H,8-9,12H2,1H3. The van der Waals surface area contributed by atoms with Gasteiger partial charge in [0.2, 0.25) is 0 Å². The van der Waals surface area contributed by atoms with Crippen molar-refractivity contribution < 1.29 is 14.6 Å². The molecule has 3 aromatic rings. The Morgan fingerprint density at radius 1 is 1.22 bits per heavy atom. The normalized spacial score (nSPS) is 13.4. The summed E-state index contributed by atoms with van der Waals surface area (Å²) in [5, 5.41) is 10.5. The predicted octanol–water partition coefficient (Wildman–Crippen LogP) is 3.19. The lowest BCUT2D eigenvalue weighted by molar-refractivity contribution is 0.0727. The maximum absolute atomic E-state index is 12.8. The van der Waals surface area contributed by atoms with E-state index in [1.54, 1.807) is 23.2 Å². The van der Waals surface area contributed by atoms with Crippen molar-refractivity contribution in [3.8, 4) is 22.6 Å². The third-order valence-electron chi connectivity index (χ3n) is 4.66. The highest BCUT2D eigenvalue weighted by Gasteiger charge is 2.24. The van der Waals surface area contributed by atoms with Crippen LogP contribution in [-0.4, -0.2) is 39.0 Å². The molecule has 27 heavy (non-hydrogen) atoms. The van der Waals surface area contributed by atoms with Gasteiger partial charge in [0.25, 0.3) is 5.91 Å². The van der Waals surface area contributed by atoms with Crippen molar-refractivity contribution in [1.29, 1.82) is 0 Å². The van der Waals surface area contributed by atoms with Gasteiger partial charge in [-0.15, -0.1) is 0 Å². The lowest BCUT2D eigenvalue weighted by Gasteiger charge is -2.19. The van der Waals surface area contributed by atoms with Crippen molar-refractivity contribution in [3.05, 3.63) is 71.8 Å². The second-order valence-electron chi connectivity index (χ2n) is 6.47. The highest BCUT2D eigenvalue weighted by atomic mass is 16.5. The number of hydrogen-bond acceptors (Lipinski definition) is 5. The Morgan fingerprint density at radius 3 is 2.85 bits per heavy atom. The van der Waals surface area contributed by atoms with E-state index in [-0.39, 0.29) is 11.7 Å². The van der Waals surface area contributed by atoms with Crippen molar-refractivity contribution >= 4 is 5.91 Å². The van der Waals surface area contributed by atoms with E-state index in [1.807, 2.05) is 37.3 Å². The summed E-state index contributed by atoms with van der Waals surface area (Å²) in [6.45, 7) is 3.09. The van der Waals surface area contributed by atoms with Gasteiger partial charge in [-0.25, -0.2) is 9.97 Å². The molecular formula is C21H19N3O3. The van der Waals surface area contributed by atoms with Crippen molar-refractivity contribution in [2.75, 3.05) is 13.2 Å². The minimum absolute atomic E-state index is 0.0853. The van der Waals surface area contributed by atoms with Crippen LogP contribution in [0.2, 0.25) is 0 Å². The number of rotatable bonds is 2. The van der Waals surface area contributed by atoms with E-state index in [1.165, 1.54) is 6.33 Å². The first kappa shape index (κ1) is 17.0. The van der Waals surface area contributed by atoms with Crippen LogP contribution in [0.1, 0.15) is 21.6 Å². The van der Waals surface area contributed by atoms with E-state index in [2.05, 4.69) is 9.97 Å². The summed E-state index contributed by atoms with van der Waals surface area (Å²) in [6.07, 6.45) is 2.90. The Bertz CT molecular complexity index is 989. The van der Waals surface area contributed by atoms with Gasteiger partial charge in [-0.1, -0.05) is 24.3 Å². The van der Waals surface area contributed by atoms with Crippen molar-refractivity contribution in [2.45, 2.75) is 13.5 Å². The molecule has 6 heteroatoms. The molecule has 2 heterocycles.